The van der Waals surface area contributed by atoms with E-state index < -0.39 is 0 Å². The summed E-state index contributed by atoms with van der Waals surface area (Å²) in [7, 11) is 0. The minimum atomic E-state index is -0.0350. The summed E-state index contributed by atoms with van der Waals surface area (Å²) in [5.41, 5.74) is 6.14. The zero-order valence-electron chi connectivity index (χ0n) is 23.9. The van der Waals surface area contributed by atoms with Crippen LogP contribution in [0.2, 0.25) is 0 Å². The van der Waals surface area contributed by atoms with Crippen molar-refractivity contribution in [2.24, 2.45) is 0 Å². The number of nitrogens with one attached hydrogen (secondary N) is 2. The highest BCUT2D eigenvalue weighted by Gasteiger charge is 2.29. The number of aryl methyl sites for hydroxylation is 1. The largest absolute Gasteiger partial charge is 0.349 e. The Hall–Kier alpha value is -4.13. The van der Waals surface area contributed by atoms with Gasteiger partial charge < -0.3 is 15.1 Å². The monoisotopic (exact) mass is 574 g/mol. The summed E-state index contributed by atoms with van der Waals surface area (Å²) >= 11 is 1.50. The first-order chi connectivity index (χ1) is 20.5. The lowest BCUT2D eigenvalue weighted by Gasteiger charge is -2.31. The van der Waals surface area contributed by atoms with Crippen molar-refractivity contribution in [3.05, 3.63) is 136 Å². The molecular weight excluding hydrogens is 538 g/mol. The highest BCUT2D eigenvalue weighted by atomic mass is 32.2. The fourth-order valence-electron chi connectivity index (χ4n) is 5.76. The maximum Gasteiger partial charge on any atom is 0.265 e. The van der Waals surface area contributed by atoms with E-state index in [4.69, 9.17) is 0 Å². The fraction of sp³-hybridized carbons (Fsp3) is 0.222. The number of para-hydroxylation sites is 1. The summed E-state index contributed by atoms with van der Waals surface area (Å²) < 4.78 is 0. The molecule has 42 heavy (non-hydrogen) atoms. The fourth-order valence-corrected chi connectivity index (χ4v) is 6.82. The van der Waals surface area contributed by atoms with Gasteiger partial charge in [0.25, 0.3) is 11.8 Å². The lowest BCUT2D eigenvalue weighted by atomic mass is 10.0. The number of benzene rings is 4. The molecular formula is C36H36N3O2S+. The Balaban J connectivity index is 1.10. The third-order valence-corrected chi connectivity index (χ3v) is 9.29. The van der Waals surface area contributed by atoms with Gasteiger partial charge in [0.1, 0.15) is 6.54 Å². The molecule has 0 bridgehead atoms. The van der Waals surface area contributed by atoms with Crippen molar-refractivity contribution in [2.45, 2.75) is 43.8 Å². The zero-order chi connectivity index (χ0) is 28.9. The number of carbonyl (C=O) groups is 2. The van der Waals surface area contributed by atoms with Crippen molar-refractivity contribution >= 4 is 35.3 Å². The molecule has 2 heterocycles. The lowest BCUT2D eigenvalue weighted by Crippen LogP contribution is -3.12. The second-order valence-corrected chi connectivity index (χ2v) is 12.3. The number of nitrogens with zero attached hydrogens (tertiary/aromatic N) is 1. The van der Waals surface area contributed by atoms with Crippen molar-refractivity contribution in [1.29, 1.82) is 0 Å². The highest BCUT2D eigenvalue weighted by Crippen LogP contribution is 2.42. The Kier molecular flexibility index (Phi) is 8.54. The van der Waals surface area contributed by atoms with Gasteiger partial charge in [0.05, 0.1) is 30.2 Å². The molecule has 6 rings (SSSR count). The van der Waals surface area contributed by atoms with E-state index in [-0.39, 0.29) is 17.9 Å². The summed E-state index contributed by atoms with van der Waals surface area (Å²) in [6.45, 7) is 5.75. The van der Waals surface area contributed by atoms with Crippen LogP contribution in [-0.2, 0) is 17.9 Å². The van der Waals surface area contributed by atoms with E-state index in [1.54, 1.807) is 4.90 Å². The molecule has 0 aromatic heterocycles. The van der Waals surface area contributed by atoms with Crippen molar-refractivity contribution in [3.63, 3.8) is 0 Å². The molecule has 5 nitrogen and oxygen atoms in total. The van der Waals surface area contributed by atoms with Gasteiger partial charge in [-0.3, -0.25) is 9.59 Å². The second-order valence-electron chi connectivity index (χ2n) is 11.2. The van der Waals surface area contributed by atoms with E-state index in [2.05, 4.69) is 60.8 Å². The first kappa shape index (κ1) is 28.0. The Labute approximate surface area is 252 Å². The van der Waals surface area contributed by atoms with E-state index >= 15 is 0 Å². The Bertz CT molecular complexity index is 1590. The standard InChI is InChI=1S/C36H35N3O2S/c1-26-9-5-6-12-30(26)25-39-32-13-7-8-14-33(32)42-34(36(39)41)23-27-15-17-29(18-16-27)35(40)37-31-19-21-38(22-20-31)24-28-10-3-2-4-11-28/h2-18,23,31H,19-22,24-25H2,1H3,(H,37,40)/p+1. The van der Waals surface area contributed by atoms with Crippen LogP contribution in [0.5, 0.6) is 0 Å². The van der Waals surface area contributed by atoms with Gasteiger partial charge in [-0.25, -0.2) is 0 Å². The maximum absolute atomic E-state index is 13.7. The van der Waals surface area contributed by atoms with Gasteiger partial charge in [0.2, 0.25) is 0 Å². The van der Waals surface area contributed by atoms with Crippen LogP contribution >= 0.6 is 11.8 Å². The first-order valence-corrected chi connectivity index (χ1v) is 15.5. The zero-order valence-corrected chi connectivity index (χ0v) is 24.7. The van der Waals surface area contributed by atoms with Crippen LogP contribution in [-0.4, -0.2) is 30.9 Å². The van der Waals surface area contributed by atoms with E-state index in [1.807, 2.05) is 65.6 Å². The summed E-state index contributed by atoms with van der Waals surface area (Å²) in [6, 6.07) is 34.6. The average molecular weight is 575 g/mol. The molecule has 2 aliphatic rings. The SMILES string of the molecule is Cc1ccccc1CN1C(=O)C(=Cc2ccc(C(=O)NC3CC[NH+](Cc4ccccc4)CC3)cc2)Sc2ccccc21. The number of quaternary nitrogens is 1. The van der Waals surface area contributed by atoms with Gasteiger partial charge in [0, 0.05) is 34.9 Å². The number of rotatable bonds is 7. The van der Waals surface area contributed by atoms with E-state index in [9.17, 15) is 9.59 Å². The average Bonchev–Trinajstić information content (AvgIpc) is 3.02. The number of amides is 2. The first-order valence-electron chi connectivity index (χ1n) is 14.7. The third kappa shape index (κ3) is 6.51. The highest BCUT2D eigenvalue weighted by molar-refractivity contribution is 8.04. The predicted molar refractivity (Wildman–Crippen MR) is 170 cm³/mol. The molecule has 0 aliphatic carbocycles. The van der Waals surface area contributed by atoms with Crippen LogP contribution in [0.1, 0.15) is 45.5 Å². The summed E-state index contributed by atoms with van der Waals surface area (Å²) in [5, 5.41) is 3.24. The van der Waals surface area contributed by atoms with Crippen LogP contribution in [0.3, 0.4) is 0 Å². The van der Waals surface area contributed by atoms with Crippen LogP contribution in [0.25, 0.3) is 6.08 Å². The molecule has 1 saturated heterocycles. The minimum Gasteiger partial charge on any atom is -0.349 e. The van der Waals surface area contributed by atoms with Gasteiger partial charge in [-0.1, -0.05) is 90.6 Å². The number of carbonyl (C=O) groups excluding carboxylic acids is 2. The maximum atomic E-state index is 13.7. The molecule has 4 aromatic rings. The topological polar surface area (TPSA) is 53.9 Å². The van der Waals surface area contributed by atoms with Crippen molar-refractivity contribution in [3.8, 4) is 0 Å². The number of thioether (sulfide) groups is 1. The molecule has 2 N–H and O–H groups in total. The minimum absolute atomic E-state index is 0.00971. The van der Waals surface area contributed by atoms with E-state index in [1.165, 1.54) is 22.9 Å². The molecule has 0 atom stereocenters. The summed E-state index contributed by atoms with van der Waals surface area (Å²) in [5.74, 6) is -0.0447. The second kappa shape index (κ2) is 12.8. The lowest BCUT2D eigenvalue weighted by molar-refractivity contribution is -0.918. The molecule has 2 aliphatic heterocycles. The van der Waals surface area contributed by atoms with Crippen LogP contribution < -0.4 is 15.1 Å². The van der Waals surface area contributed by atoms with Crippen LogP contribution in [0.15, 0.2) is 113 Å². The summed E-state index contributed by atoms with van der Waals surface area (Å²) in [6.07, 6.45) is 3.90. The Morgan fingerprint density at radius 3 is 2.36 bits per heavy atom. The molecule has 2 amide bonds. The number of hydrogen-bond acceptors (Lipinski definition) is 3. The van der Waals surface area contributed by atoms with E-state index in [0.29, 0.717) is 17.0 Å². The predicted octanol–water partition coefficient (Wildman–Crippen LogP) is 5.65. The van der Waals surface area contributed by atoms with Crippen LogP contribution in [0, 0.1) is 6.92 Å². The van der Waals surface area contributed by atoms with Gasteiger partial charge in [-0.15, -0.1) is 0 Å². The molecule has 212 valence electrons. The van der Waals surface area contributed by atoms with Crippen LogP contribution in [0.4, 0.5) is 5.69 Å². The number of fused-ring (bicyclic) bond motifs is 1. The van der Waals surface area contributed by atoms with Crippen molar-refractivity contribution in [1.82, 2.24) is 5.32 Å². The number of hydrogen-bond donors (Lipinski definition) is 2. The number of piperidine rings is 1. The number of anilines is 1. The third-order valence-electron chi connectivity index (χ3n) is 8.22. The molecule has 0 radical (unpaired) electrons. The molecule has 0 unspecified atom stereocenters. The van der Waals surface area contributed by atoms with Gasteiger partial charge in [-0.2, -0.15) is 0 Å². The Morgan fingerprint density at radius 1 is 0.905 bits per heavy atom. The molecule has 6 heteroatoms. The molecule has 1 fully saturated rings. The summed E-state index contributed by atoms with van der Waals surface area (Å²) in [4.78, 5) is 31.9. The Morgan fingerprint density at radius 2 is 1.60 bits per heavy atom. The molecule has 0 saturated carbocycles. The smallest absolute Gasteiger partial charge is 0.265 e. The normalized spacial score (nSPS) is 19.4. The molecule has 4 aromatic carbocycles. The van der Waals surface area contributed by atoms with Crippen molar-refractivity contribution < 1.29 is 14.5 Å². The van der Waals surface area contributed by atoms with E-state index in [0.717, 1.165) is 54.2 Å². The van der Waals surface area contributed by atoms with Gasteiger partial charge in [-0.05, 0) is 54.0 Å². The van der Waals surface area contributed by atoms with Gasteiger partial charge in [0.15, 0.2) is 0 Å². The quantitative estimate of drug-likeness (QED) is 0.281. The molecule has 0 spiro atoms. The van der Waals surface area contributed by atoms with Crippen molar-refractivity contribution in [2.75, 3.05) is 18.0 Å². The number of likely N-dealkylation sites (tertiary alicyclic amines) is 1. The van der Waals surface area contributed by atoms with Gasteiger partial charge >= 0.3 is 0 Å².